The second-order valence-corrected chi connectivity index (χ2v) is 5.75. The van der Waals surface area contributed by atoms with Gasteiger partial charge >= 0.3 is 12.0 Å². The Bertz CT molecular complexity index is 564. The molecule has 6 nitrogen and oxygen atoms in total. The van der Waals surface area contributed by atoms with Crippen LogP contribution in [0.5, 0.6) is 0 Å². The van der Waals surface area contributed by atoms with Crippen LogP contribution in [0.1, 0.15) is 32.3 Å². The van der Waals surface area contributed by atoms with Crippen LogP contribution in [0, 0.1) is 11.3 Å². The number of hydrogen-bond acceptors (Lipinski definition) is 3. The minimum absolute atomic E-state index is 0.0836. The number of carbonyl (C=O) groups is 2. The third-order valence-corrected chi connectivity index (χ3v) is 3.65. The van der Waals surface area contributed by atoms with Gasteiger partial charge in [-0.3, -0.25) is 0 Å². The van der Waals surface area contributed by atoms with Gasteiger partial charge in [0.15, 0.2) is 0 Å². The van der Waals surface area contributed by atoms with E-state index in [0.717, 1.165) is 12.8 Å². The van der Waals surface area contributed by atoms with Gasteiger partial charge in [0, 0.05) is 13.1 Å². The molecule has 6 heteroatoms. The lowest BCUT2D eigenvalue weighted by atomic mass is 10.0. The van der Waals surface area contributed by atoms with Crippen molar-refractivity contribution in [2.45, 2.75) is 38.6 Å². The van der Waals surface area contributed by atoms with E-state index < -0.39 is 17.5 Å². The number of carbonyl (C=O) groups excluding carboxylic acids is 1. The number of amides is 2. The quantitative estimate of drug-likeness (QED) is 0.720. The standard InChI is InChI=1S/C17H23N3O3/c1-17(2,15(21)22)20(13-7-11-18)16(23)19-12-6-10-14-8-4-3-5-9-14/h3-5,8-9H,6-7,10,12-13H2,1-2H3,(H,19,23)(H,21,22). The number of nitrogens with zero attached hydrogens (tertiary/aromatic N) is 2. The summed E-state index contributed by atoms with van der Waals surface area (Å²) in [5.74, 6) is -1.10. The summed E-state index contributed by atoms with van der Waals surface area (Å²) in [7, 11) is 0. The molecule has 0 aliphatic rings. The fraction of sp³-hybridized carbons (Fsp3) is 0.471. The lowest BCUT2D eigenvalue weighted by Crippen LogP contribution is -2.56. The SMILES string of the molecule is CC(C)(C(=O)O)N(CCC#N)C(=O)NCCCc1ccccc1. The average Bonchev–Trinajstić information content (AvgIpc) is 2.52. The highest BCUT2D eigenvalue weighted by Crippen LogP contribution is 2.15. The molecule has 1 aromatic rings. The van der Waals surface area contributed by atoms with Crippen molar-refractivity contribution in [1.29, 1.82) is 5.26 Å². The van der Waals surface area contributed by atoms with Crippen molar-refractivity contribution < 1.29 is 14.7 Å². The Morgan fingerprint density at radius 3 is 2.52 bits per heavy atom. The first kappa shape index (κ1) is 18.5. The van der Waals surface area contributed by atoms with Crippen molar-refractivity contribution in [2.75, 3.05) is 13.1 Å². The molecule has 124 valence electrons. The van der Waals surface area contributed by atoms with Crippen LogP contribution in [0.15, 0.2) is 30.3 Å². The maximum absolute atomic E-state index is 12.3. The summed E-state index contributed by atoms with van der Waals surface area (Å²) in [5, 5.41) is 20.7. The number of hydrogen-bond donors (Lipinski definition) is 2. The van der Waals surface area contributed by atoms with Crippen molar-refractivity contribution in [3.8, 4) is 6.07 Å². The molecule has 0 bridgehead atoms. The molecule has 1 rings (SSSR count). The second kappa shape index (κ2) is 8.79. The number of aliphatic carboxylic acids is 1. The molecule has 0 aliphatic heterocycles. The first-order valence-corrected chi connectivity index (χ1v) is 7.59. The predicted octanol–water partition coefficient (Wildman–Crippen LogP) is 2.41. The highest BCUT2D eigenvalue weighted by atomic mass is 16.4. The first-order chi connectivity index (χ1) is 10.9. The lowest BCUT2D eigenvalue weighted by molar-refractivity contribution is -0.147. The number of urea groups is 1. The number of aryl methyl sites for hydroxylation is 1. The molecule has 0 aliphatic carbocycles. The van der Waals surface area contributed by atoms with E-state index in [-0.39, 0.29) is 13.0 Å². The van der Waals surface area contributed by atoms with Crippen LogP contribution >= 0.6 is 0 Å². The molecular weight excluding hydrogens is 294 g/mol. The summed E-state index contributed by atoms with van der Waals surface area (Å²) in [6.07, 6.45) is 1.69. The number of rotatable bonds is 8. The minimum Gasteiger partial charge on any atom is -0.480 e. The molecule has 23 heavy (non-hydrogen) atoms. The van der Waals surface area contributed by atoms with E-state index in [4.69, 9.17) is 5.26 Å². The topological polar surface area (TPSA) is 93.4 Å². The highest BCUT2D eigenvalue weighted by Gasteiger charge is 2.37. The van der Waals surface area contributed by atoms with E-state index >= 15 is 0 Å². The summed E-state index contributed by atoms with van der Waals surface area (Å²) >= 11 is 0. The summed E-state index contributed by atoms with van der Waals surface area (Å²) in [5.41, 5.74) is -0.172. The summed E-state index contributed by atoms with van der Waals surface area (Å²) in [6, 6.07) is 11.4. The Labute approximate surface area is 136 Å². The van der Waals surface area contributed by atoms with Crippen LogP contribution < -0.4 is 5.32 Å². The van der Waals surface area contributed by atoms with Gasteiger partial charge in [-0.05, 0) is 32.3 Å². The molecule has 1 aromatic carbocycles. The molecule has 2 amide bonds. The summed E-state index contributed by atoms with van der Waals surface area (Å²) in [6.45, 7) is 3.44. The van der Waals surface area contributed by atoms with Crippen molar-refractivity contribution >= 4 is 12.0 Å². The first-order valence-electron chi connectivity index (χ1n) is 7.59. The maximum atomic E-state index is 12.3. The Morgan fingerprint density at radius 2 is 1.96 bits per heavy atom. The van der Waals surface area contributed by atoms with Gasteiger partial charge < -0.3 is 15.3 Å². The Morgan fingerprint density at radius 1 is 1.30 bits per heavy atom. The number of benzene rings is 1. The molecule has 0 spiro atoms. The van der Waals surface area contributed by atoms with Gasteiger partial charge in [0.05, 0.1) is 12.5 Å². The van der Waals surface area contributed by atoms with E-state index in [0.29, 0.717) is 6.54 Å². The molecule has 0 unspecified atom stereocenters. The smallest absolute Gasteiger partial charge is 0.329 e. The monoisotopic (exact) mass is 317 g/mol. The van der Waals surface area contributed by atoms with Gasteiger partial charge in [0.25, 0.3) is 0 Å². The Hall–Kier alpha value is -2.55. The average molecular weight is 317 g/mol. The number of carboxylic acids is 1. The van der Waals surface area contributed by atoms with Gasteiger partial charge in [-0.1, -0.05) is 30.3 Å². The van der Waals surface area contributed by atoms with Gasteiger partial charge in [0.1, 0.15) is 5.54 Å². The molecular formula is C17H23N3O3. The Balaban J connectivity index is 2.53. The van der Waals surface area contributed by atoms with Crippen molar-refractivity contribution in [3.63, 3.8) is 0 Å². The summed E-state index contributed by atoms with van der Waals surface area (Å²) < 4.78 is 0. The van der Waals surface area contributed by atoms with Gasteiger partial charge in [0.2, 0.25) is 0 Å². The normalized spacial score (nSPS) is 10.7. The Kier molecular flexibility index (Phi) is 7.07. The second-order valence-electron chi connectivity index (χ2n) is 5.75. The van der Waals surface area contributed by atoms with E-state index in [1.807, 2.05) is 36.4 Å². The number of nitrogens with one attached hydrogen (secondary N) is 1. The fourth-order valence-electron chi connectivity index (χ4n) is 2.14. The van der Waals surface area contributed by atoms with E-state index in [9.17, 15) is 14.7 Å². The van der Waals surface area contributed by atoms with E-state index in [2.05, 4.69) is 5.32 Å². The van der Waals surface area contributed by atoms with Crippen LogP contribution in [-0.4, -0.2) is 40.6 Å². The third-order valence-electron chi connectivity index (χ3n) is 3.65. The molecule has 2 N–H and O–H groups in total. The zero-order chi connectivity index (χ0) is 17.3. The number of carboxylic acid groups (broad SMARTS) is 1. The molecule has 0 radical (unpaired) electrons. The molecule has 0 atom stereocenters. The molecule has 0 saturated carbocycles. The van der Waals surface area contributed by atoms with Gasteiger partial charge in [-0.2, -0.15) is 5.26 Å². The van der Waals surface area contributed by atoms with E-state index in [1.54, 1.807) is 0 Å². The van der Waals surface area contributed by atoms with Gasteiger partial charge in [-0.25, -0.2) is 9.59 Å². The van der Waals surface area contributed by atoms with Crippen LogP contribution in [0.2, 0.25) is 0 Å². The van der Waals surface area contributed by atoms with Crippen molar-refractivity contribution in [3.05, 3.63) is 35.9 Å². The molecule has 0 saturated heterocycles. The fourth-order valence-corrected chi connectivity index (χ4v) is 2.14. The van der Waals surface area contributed by atoms with Crippen LogP contribution in [0.25, 0.3) is 0 Å². The number of nitriles is 1. The minimum atomic E-state index is -1.36. The maximum Gasteiger partial charge on any atom is 0.329 e. The molecule has 0 aromatic heterocycles. The lowest BCUT2D eigenvalue weighted by Gasteiger charge is -2.34. The molecule has 0 fully saturated rings. The zero-order valence-electron chi connectivity index (χ0n) is 13.6. The largest absolute Gasteiger partial charge is 0.480 e. The third kappa shape index (κ3) is 5.62. The van der Waals surface area contributed by atoms with Crippen LogP contribution in [-0.2, 0) is 11.2 Å². The van der Waals surface area contributed by atoms with Crippen LogP contribution in [0.4, 0.5) is 4.79 Å². The van der Waals surface area contributed by atoms with Crippen molar-refractivity contribution in [1.82, 2.24) is 10.2 Å². The highest BCUT2D eigenvalue weighted by molar-refractivity contribution is 5.85. The zero-order valence-corrected chi connectivity index (χ0v) is 13.6. The van der Waals surface area contributed by atoms with E-state index in [1.165, 1.54) is 24.3 Å². The van der Waals surface area contributed by atoms with Gasteiger partial charge in [-0.15, -0.1) is 0 Å². The summed E-state index contributed by atoms with van der Waals surface area (Å²) in [4.78, 5) is 24.8. The predicted molar refractivity (Wildman–Crippen MR) is 86.8 cm³/mol. The van der Waals surface area contributed by atoms with Crippen LogP contribution in [0.3, 0.4) is 0 Å². The van der Waals surface area contributed by atoms with Crippen molar-refractivity contribution in [2.24, 2.45) is 0 Å². The molecule has 0 heterocycles.